The molecule has 0 radical (unpaired) electrons. The van der Waals surface area contributed by atoms with Crippen molar-refractivity contribution in [3.8, 4) is 5.75 Å². The third-order valence-corrected chi connectivity index (χ3v) is 7.41. The number of oxazole rings is 1. The van der Waals surface area contributed by atoms with E-state index in [1.54, 1.807) is 18.2 Å². The summed E-state index contributed by atoms with van der Waals surface area (Å²) in [5, 5.41) is 12.9. The summed E-state index contributed by atoms with van der Waals surface area (Å²) < 4.78 is 61.8. The molecule has 9 nitrogen and oxygen atoms in total. The highest BCUT2D eigenvalue weighted by molar-refractivity contribution is 7.85. The largest absolute Gasteiger partial charge is 0.480 e. The van der Waals surface area contributed by atoms with Crippen molar-refractivity contribution in [1.29, 1.82) is 0 Å². The maximum Gasteiger partial charge on any atom is 0.416 e. The van der Waals surface area contributed by atoms with Crippen molar-refractivity contribution in [3.05, 3.63) is 84.6 Å². The van der Waals surface area contributed by atoms with Crippen molar-refractivity contribution < 1.29 is 41.0 Å². The highest BCUT2D eigenvalue weighted by Crippen LogP contribution is 2.44. The highest BCUT2D eigenvalue weighted by Gasteiger charge is 2.38. The summed E-state index contributed by atoms with van der Waals surface area (Å²) in [7, 11) is -4.25. The first kappa shape index (κ1) is 24.8. The zero-order valence-electron chi connectivity index (χ0n) is 20.4. The standard InChI is InChI=1S/C28H21FN2O7S/c29-25(28-31(16-24(32)33)21-14-18-7-1-2-8-19(18)15-23(21)38-28)27-30(12-5-13-39(34,35)36)26-20-9-4-3-6-17(20)10-11-22(26)37-27/h1-4,6-11,14-15H,5,12-13,16H2,(H-,32,33,34,35,36)/p+1. The van der Waals surface area contributed by atoms with Crippen LogP contribution in [0.1, 0.15) is 12.3 Å². The van der Waals surface area contributed by atoms with Gasteiger partial charge in [0.2, 0.25) is 11.5 Å². The summed E-state index contributed by atoms with van der Waals surface area (Å²) in [5.74, 6) is -3.01. The van der Waals surface area contributed by atoms with E-state index in [9.17, 15) is 22.9 Å². The lowest BCUT2D eigenvalue weighted by molar-refractivity contribution is -0.678. The number of hydrogen-bond acceptors (Lipinski definition) is 6. The van der Waals surface area contributed by atoms with Gasteiger partial charge in [-0.2, -0.15) is 17.4 Å². The molecule has 0 atom stereocenters. The second kappa shape index (κ2) is 9.37. The van der Waals surface area contributed by atoms with Gasteiger partial charge in [-0.3, -0.25) is 14.2 Å². The highest BCUT2D eigenvalue weighted by atomic mass is 32.2. The number of ether oxygens (including phenoxy) is 1. The van der Waals surface area contributed by atoms with Gasteiger partial charge in [-0.25, -0.2) is 0 Å². The lowest BCUT2D eigenvalue weighted by atomic mass is 10.1. The smallest absolute Gasteiger partial charge is 0.416 e. The Kier molecular flexibility index (Phi) is 5.96. The molecule has 0 unspecified atom stereocenters. The molecule has 0 spiro atoms. The minimum Gasteiger partial charge on any atom is -0.480 e. The van der Waals surface area contributed by atoms with Gasteiger partial charge >= 0.3 is 11.9 Å². The molecule has 0 saturated heterocycles. The Morgan fingerprint density at radius 3 is 2.38 bits per heavy atom. The topological polar surface area (TPSA) is 121 Å². The fourth-order valence-electron chi connectivity index (χ4n) is 4.95. The van der Waals surface area contributed by atoms with Crippen molar-refractivity contribution in [3.63, 3.8) is 0 Å². The summed E-state index contributed by atoms with van der Waals surface area (Å²) in [4.78, 5) is 13.0. The zero-order chi connectivity index (χ0) is 27.3. The van der Waals surface area contributed by atoms with Gasteiger partial charge in [0.15, 0.2) is 12.3 Å². The van der Waals surface area contributed by atoms with Gasteiger partial charge in [0.1, 0.15) is 6.54 Å². The summed E-state index contributed by atoms with van der Waals surface area (Å²) >= 11 is 0. The molecule has 11 heteroatoms. The van der Waals surface area contributed by atoms with E-state index in [0.717, 1.165) is 21.5 Å². The van der Waals surface area contributed by atoms with Crippen LogP contribution in [0, 0.1) is 0 Å². The van der Waals surface area contributed by atoms with Crippen LogP contribution in [-0.2, 0) is 21.5 Å². The molecule has 1 aliphatic heterocycles. The number of fused-ring (bicyclic) bond motifs is 5. The fourth-order valence-corrected chi connectivity index (χ4v) is 5.45. The molecule has 1 aromatic heterocycles. The van der Waals surface area contributed by atoms with Crippen molar-refractivity contribution in [1.82, 2.24) is 0 Å². The second-order valence-electron chi connectivity index (χ2n) is 9.20. The molecule has 6 rings (SSSR count). The number of hydrogen-bond donors (Lipinski definition) is 2. The molecule has 1 aliphatic rings. The van der Waals surface area contributed by atoms with E-state index < -0.39 is 34.2 Å². The first-order chi connectivity index (χ1) is 18.7. The van der Waals surface area contributed by atoms with Crippen LogP contribution in [-0.4, -0.2) is 36.3 Å². The van der Waals surface area contributed by atoms with Crippen LogP contribution in [0.25, 0.3) is 38.5 Å². The van der Waals surface area contributed by atoms with Crippen LogP contribution in [0.3, 0.4) is 0 Å². The van der Waals surface area contributed by atoms with Crippen LogP contribution in [0.4, 0.5) is 10.1 Å². The van der Waals surface area contributed by atoms with E-state index in [4.69, 9.17) is 9.15 Å². The monoisotopic (exact) mass is 549 g/mol. The molecule has 198 valence electrons. The molecule has 5 aromatic rings. The lowest BCUT2D eigenvalue weighted by Gasteiger charge is -2.15. The van der Waals surface area contributed by atoms with Gasteiger partial charge in [-0.15, -0.1) is 0 Å². The summed E-state index contributed by atoms with van der Waals surface area (Å²) in [6.07, 6.45) is -0.0255. The summed E-state index contributed by atoms with van der Waals surface area (Å²) in [6.45, 7) is -0.577. The van der Waals surface area contributed by atoms with E-state index in [1.807, 2.05) is 54.6 Å². The molecule has 0 aliphatic carbocycles. The van der Waals surface area contributed by atoms with Crippen molar-refractivity contribution in [2.45, 2.75) is 13.0 Å². The number of benzene rings is 4. The number of nitrogens with zero attached hydrogens (tertiary/aromatic N) is 2. The average Bonchev–Trinajstić information content (AvgIpc) is 3.44. The number of carbonyl (C=O) groups is 1. The minimum atomic E-state index is -4.25. The predicted octanol–water partition coefficient (Wildman–Crippen LogP) is 4.88. The maximum atomic E-state index is 16.5. The molecule has 0 bridgehead atoms. The van der Waals surface area contributed by atoms with E-state index >= 15 is 4.39 Å². The van der Waals surface area contributed by atoms with Gasteiger partial charge in [0.05, 0.1) is 16.8 Å². The Bertz CT molecular complexity index is 1930. The Balaban J connectivity index is 1.55. The number of aromatic nitrogens is 1. The molecule has 39 heavy (non-hydrogen) atoms. The SMILES string of the molecule is O=C(O)CN1C(=C(F)c2oc3ccc4ccccc4c3[n+]2CCCS(=O)(=O)O)Oc2cc3ccccc3cc21. The van der Waals surface area contributed by atoms with Gasteiger partial charge in [0.25, 0.3) is 21.5 Å². The maximum absolute atomic E-state index is 16.5. The molecule has 0 saturated carbocycles. The number of anilines is 1. The normalized spacial score (nSPS) is 14.7. The van der Waals surface area contributed by atoms with Crippen LogP contribution in [0.15, 0.2) is 83.1 Å². The van der Waals surface area contributed by atoms with Gasteiger partial charge in [0, 0.05) is 6.42 Å². The number of aliphatic carboxylic acids is 1. The quantitative estimate of drug-likeness (QED) is 0.218. The summed E-state index contributed by atoms with van der Waals surface area (Å²) in [6, 6.07) is 21.8. The van der Waals surface area contributed by atoms with Crippen LogP contribution < -0.4 is 14.2 Å². The Morgan fingerprint density at radius 2 is 1.67 bits per heavy atom. The fraction of sp³-hybridized carbons (Fsp3) is 0.143. The minimum absolute atomic E-state index is 0.00735. The van der Waals surface area contributed by atoms with Crippen LogP contribution >= 0.6 is 0 Å². The van der Waals surface area contributed by atoms with Crippen LogP contribution in [0.2, 0.25) is 0 Å². The van der Waals surface area contributed by atoms with E-state index in [0.29, 0.717) is 22.5 Å². The molecule has 0 fully saturated rings. The van der Waals surface area contributed by atoms with Crippen LogP contribution in [0.5, 0.6) is 5.75 Å². The molecular weight excluding hydrogens is 527 g/mol. The number of aryl methyl sites for hydroxylation is 1. The number of rotatable bonds is 7. The van der Waals surface area contributed by atoms with Gasteiger partial charge in [-0.1, -0.05) is 48.5 Å². The number of carboxylic acids is 1. The Morgan fingerprint density at radius 1 is 0.974 bits per heavy atom. The van der Waals surface area contributed by atoms with Crippen molar-refractivity contribution in [2.75, 3.05) is 17.2 Å². The predicted molar refractivity (Wildman–Crippen MR) is 143 cm³/mol. The molecular formula is C28H22FN2O7S+. The number of halogens is 1. The molecule has 0 amide bonds. The van der Waals surface area contributed by atoms with Gasteiger partial charge < -0.3 is 14.3 Å². The van der Waals surface area contributed by atoms with E-state index in [2.05, 4.69) is 0 Å². The Labute approximate surface area is 221 Å². The zero-order valence-corrected chi connectivity index (χ0v) is 21.2. The Hall–Kier alpha value is -4.48. The second-order valence-corrected chi connectivity index (χ2v) is 10.8. The molecule has 2 heterocycles. The molecule has 4 aromatic carbocycles. The number of carboxylic acid groups (broad SMARTS) is 1. The van der Waals surface area contributed by atoms with E-state index in [-0.39, 0.29) is 24.7 Å². The third-order valence-electron chi connectivity index (χ3n) is 6.61. The average molecular weight is 550 g/mol. The van der Waals surface area contributed by atoms with E-state index in [1.165, 1.54) is 9.47 Å². The molecule has 2 N–H and O–H groups in total. The van der Waals surface area contributed by atoms with Gasteiger partial charge in [-0.05, 0) is 40.4 Å². The van der Waals surface area contributed by atoms with Crippen molar-refractivity contribution in [2.24, 2.45) is 0 Å². The lowest BCUT2D eigenvalue weighted by Crippen LogP contribution is -2.38. The van der Waals surface area contributed by atoms with Crippen molar-refractivity contribution >= 4 is 60.2 Å². The first-order valence-corrected chi connectivity index (χ1v) is 13.7. The third kappa shape index (κ3) is 4.55. The summed E-state index contributed by atoms with van der Waals surface area (Å²) in [5.41, 5.74) is 1.26. The first-order valence-electron chi connectivity index (χ1n) is 12.1.